The summed E-state index contributed by atoms with van der Waals surface area (Å²) < 4.78 is 7.33. The molecule has 3 aromatic heterocycles. The Balaban J connectivity index is 0.00000372. The van der Waals surface area contributed by atoms with Crippen molar-refractivity contribution in [1.29, 1.82) is 0 Å². The number of benzene rings is 4. The summed E-state index contributed by atoms with van der Waals surface area (Å²) in [4.78, 5) is 56.6. The molecule has 7 aromatic rings. The van der Waals surface area contributed by atoms with E-state index in [9.17, 15) is 19.2 Å². The van der Waals surface area contributed by atoms with E-state index in [0.717, 1.165) is 36.9 Å². The summed E-state index contributed by atoms with van der Waals surface area (Å²) in [5.74, 6) is -0.612. The molecule has 0 bridgehead atoms. The first kappa shape index (κ1) is 32.0. The molecule has 1 N–H and O–H groups in total. The molecule has 0 spiro atoms. The van der Waals surface area contributed by atoms with Crippen LogP contribution in [0.3, 0.4) is 0 Å². The van der Waals surface area contributed by atoms with Crippen LogP contribution in [0.1, 0.15) is 27.7 Å². The molecule has 4 aromatic carbocycles. The molecule has 3 heterocycles. The van der Waals surface area contributed by atoms with Crippen molar-refractivity contribution >= 4 is 89.5 Å². The standard InChI is InChI=1S/C35H26N4O5S.K.H/c1-2-26-18-29-32(41)38(20-30(40)25-16-15-22-7-3-4-8-24(22)17-25)35(43)39(33(29)45-26)19-21-11-13-23(14-12-21)27-9-5-6-10-28(27)31-36-34(42)44-37-31;;/h3-18H,2,19-20H2,1H3,(H,36,37,42);;. The second-order valence-electron chi connectivity index (χ2n) is 10.7. The zero-order valence-electron chi connectivity index (χ0n) is 24.2. The molecule has 224 valence electrons. The molecule has 11 heteroatoms. The summed E-state index contributed by atoms with van der Waals surface area (Å²) in [6, 6.07) is 30.1. The van der Waals surface area contributed by atoms with Crippen LogP contribution in [-0.2, 0) is 19.5 Å². The third-order valence-electron chi connectivity index (χ3n) is 7.90. The normalized spacial score (nSPS) is 11.2. The summed E-state index contributed by atoms with van der Waals surface area (Å²) in [5, 5.41) is 6.17. The van der Waals surface area contributed by atoms with Gasteiger partial charge in [-0.1, -0.05) is 97.0 Å². The number of Topliss-reactive ketones (excluding diaryl/α,β-unsaturated/α-hetero) is 1. The van der Waals surface area contributed by atoms with E-state index in [1.54, 1.807) is 16.7 Å². The molecule has 0 aliphatic rings. The van der Waals surface area contributed by atoms with Crippen LogP contribution in [0, 0.1) is 0 Å². The average Bonchev–Trinajstić information content (AvgIpc) is 3.71. The van der Waals surface area contributed by atoms with Crippen LogP contribution in [0.4, 0.5) is 0 Å². The first-order valence-electron chi connectivity index (χ1n) is 14.4. The molecule has 0 radical (unpaired) electrons. The van der Waals surface area contributed by atoms with E-state index in [2.05, 4.69) is 10.1 Å². The molecule has 0 fully saturated rings. The Bertz CT molecular complexity index is 2420. The van der Waals surface area contributed by atoms with Crippen molar-refractivity contribution in [1.82, 2.24) is 19.3 Å². The number of nitrogens with zero attached hydrogens (tertiary/aromatic N) is 3. The first-order chi connectivity index (χ1) is 21.9. The SMILES string of the molecule is CCc1cc2c(=O)n(CC(=O)c3ccc4ccccc4c3)c(=O)n(Cc3ccc(-c4ccccc4-c4noc(=O)[nH]4)cc3)c2s1.[KH]. The number of ketones is 1. The maximum absolute atomic E-state index is 13.9. The number of hydrogen-bond donors (Lipinski definition) is 1. The second-order valence-corrected chi connectivity index (χ2v) is 11.8. The van der Waals surface area contributed by atoms with Crippen molar-refractivity contribution in [3.8, 4) is 22.5 Å². The predicted molar refractivity (Wildman–Crippen MR) is 182 cm³/mol. The van der Waals surface area contributed by atoms with Gasteiger partial charge in [0, 0.05) is 16.0 Å². The number of thiophene rings is 1. The van der Waals surface area contributed by atoms with E-state index in [4.69, 9.17) is 4.52 Å². The fourth-order valence-electron chi connectivity index (χ4n) is 5.56. The molecule has 0 aliphatic heterocycles. The van der Waals surface area contributed by atoms with Gasteiger partial charge in [-0.2, -0.15) is 0 Å². The van der Waals surface area contributed by atoms with Crippen LogP contribution in [0.25, 0.3) is 43.5 Å². The van der Waals surface area contributed by atoms with Crippen molar-refractivity contribution in [2.45, 2.75) is 26.4 Å². The number of aromatic amines is 1. The molecule has 0 atom stereocenters. The number of carbonyl (C=O) groups excluding carboxylic acids is 1. The minimum atomic E-state index is -0.632. The summed E-state index contributed by atoms with van der Waals surface area (Å²) in [6.07, 6.45) is 0.716. The number of aromatic nitrogens is 4. The number of aryl methyl sites for hydroxylation is 1. The summed E-state index contributed by atoms with van der Waals surface area (Å²) >= 11 is 1.42. The van der Waals surface area contributed by atoms with Crippen molar-refractivity contribution in [2.24, 2.45) is 0 Å². The molecule has 9 nitrogen and oxygen atoms in total. The van der Waals surface area contributed by atoms with Crippen molar-refractivity contribution in [3.63, 3.8) is 0 Å². The number of rotatable bonds is 8. The Kier molecular flexibility index (Phi) is 9.32. The van der Waals surface area contributed by atoms with Crippen LogP contribution in [-0.4, -0.2) is 76.4 Å². The third-order valence-corrected chi connectivity index (χ3v) is 9.20. The second kappa shape index (κ2) is 13.4. The Morgan fingerprint density at radius 1 is 0.848 bits per heavy atom. The number of fused-ring (bicyclic) bond motifs is 2. The molecule has 0 saturated carbocycles. The summed E-state index contributed by atoms with van der Waals surface area (Å²) in [7, 11) is 0. The van der Waals surface area contributed by atoms with Gasteiger partial charge in [-0.3, -0.25) is 28.2 Å². The van der Waals surface area contributed by atoms with Crippen LogP contribution in [0.15, 0.2) is 116 Å². The Labute approximate surface area is 308 Å². The monoisotopic (exact) mass is 654 g/mol. The molecule has 7 rings (SSSR count). The summed E-state index contributed by atoms with van der Waals surface area (Å²) in [5.41, 5.74) is 2.72. The van der Waals surface area contributed by atoms with Gasteiger partial charge in [0.15, 0.2) is 11.6 Å². The van der Waals surface area contributed by atoms with Gasteiger partial charge >= 0.3 is 62.8 Å². The van der Waals surface area contributed by atoms with Crippen LogP contribution in [0.5, 0.6) is 0 Å². The van der Waals surface area contributed by atoms with E-state index >= 15 is 0 Å². The first-order valence-corrected chi connectivity index (χ1v) is 15.2. The Morgan fingerprint density at radius 3 is 2.28 bits per heavy atom. The van der Waals surface area contributed by atoms with Gasteiger partial charge in [0.05, 0.1) is 18.5 Å². The number of carbonyl (C=O) groups is 1. The van der Waals surface area contributed by atoms with Gasteiger partial charge in [-0.15, -0.1) is 11.3 Å². The van der Waals surface area contributed by atoms with E-state index in [1.807, 2.05) is 91.9 Å². The van der Waals surface area contributed by atoms with E-state index in [0.29, 0.717) is 33.6 Å². The van der Waals surface area contributed by atoms with Gasteiger partial charge < -0.3 is 0 Å². The van der Waals surface area contributed by atoms with Crippen molar-refractivity contribution in [3.05, 3.63) is 144 Å². The number of hydrogen-bond acceptors (Lipinski definition) is 7. The molecule has 0 unspecified atom stereocenters. The van der Waals surface area contributed by atoms with Gasteiger partial charge in [0.2, 0.25) is 0 Å². The molecule has 46 heavy (non-hydrogen) atoms. The Morgan fingerprint density at radius 2 is 1.57 bits per heavy atom. The minimum absolute atomic E-state index is 0. The quantitative estimate of drug-likeness (QED) is 0.177. The van der Waals surface area contributed by atoms with Gasteiger partial charge in [0.25, 0.3) is 5.56 Å². The van der Waals surface area contributed by atoms with Gasteiger partial charge in [0.1, 0.15) is 4.83 Å². The van der Waals surface area contributed by atoms with Crippen molar-refractivity contribution < 1.29 is 9.32 Å². The maximum atomic E-state index is 13.9. The third kappa shape index (κ3) is 6.09. The zero-order chi connectivity index (χ0) is 31.1. The fraction of sp³-hybridized carbons (Fsp3) is 0.114. The summed E-state index contributed by atoms with van der Waals surface area (Å²) in [6.45, 7) is 1.85. The molecule has 0 aliphatic carbocycles. The molecule has 0 amide bonds. The number of H-pyrrole nitrogens is 1. The van der Waals surface area contributed by atoms with Crippen molar-refractivity contribution in [2.75, 3.05) is 0 Å². The van der Waals surface area contributed by atoms with Crippen LogP contribution < -0.4 is 17.0 Å². The van der Waals surface area contributed by atoms with E-state index in [1.165, 1.54) is 11.3 Å². The molecular weight excluding hydrogens is 628 g/mol. The van der Waals surface area contributed by atoms with E-state index < -0.39 is 17.0 Å². The van der Waals surface area contributed by atoms with Crippen LogP contribution in [0.2, 0.25) is 0 Å². The number of nitrogens with one attached hydrogen (secondary N) is 1. The Hall–Kier alpha value is -3.97. The van der Waals surface area contributed by atoms with Gasteiger partial charge in [-0.25, -0.2) is 9.59 Å². The molecular formula is C35H27KN4O5S. The zero-order valence-corrected chi connectivity index (χ0v) is 25.0. The predicted octanol–water partition coefficient (Wildman–Crippen LogP) is 5.23. The van der Waals surface area contributed by atoms with E-state index in [-0.39, 0.29) is 70.3 Å². The fourth-order valence-corrected chi connectivity index (χ4v) is 6.64. The van der Waals surface area contributed by atoms with Crippen LogP contribution >= 0.6 is 11.3 Å². The average molecular weight is 655 g/mol. The molecule has 0 saturated heterocycles. The van der Waals surface area contributed by atoms with Gasteiger partial charge in [-0.05, 0) is 46.0 Å². The topological polar surface area (TPSA) is 120 Å².